The first-order valence-corrected chi connectivity index (χ1v) is 6.50. The third-order valence-electron chi connectivity index (χ3n) is 2.57. The van der Waals surface area contributed by atoms with Gasteiger partial charge in [0.1, 0.15) is 5.75 Å². The molecule has 1 unspecified atom stereocenters. The third-order valence-corrected chi connectivity index (χ3v) is 2.57. The number of anilines is 1. The van der Waals surface area contributed by atoms with Crippen LogP contribution in [-0.4, -0.2) is 37.1 Å². The van der Waals surface area contributed by atoms with Crippen molar-refractivity contribution < 1.29 is 14.6 Å². The first-order chi connectivity index (χ1) is 9.35. The normalized spacial score (nSPS) is 12.6. The van der Waals surface area contributed by atoms with E-state index in [4.69, 9.17) is 14.7 Å². The van der Waals surface area contributed by atoms with Crippen LogP contribution in [0.1, 0.15) is 26.3 Å². The molecule has 1 atom stereocenters. The van der Waals surface area contributed by atoms with Gasteiger partial charge in [0.2, 0.25) is 0 Å². The Kier molecular flexibility index (Phi) is 5.81. The average molecular weight is 278 g/mol. The van der Waals surface area contributed by atoms with E-state index < -0.39 is 6.10 Å². The van der Waals surface area contributed by atoms with Crippen LogP contribution in [-0.2, 0) is 4.74 Å². The van der Waals surface area contributed by atoms with Crippen LogP contribution >= 0.6 is 0 Å². The van der Waals surface area contributed by atoms with Gasteiger partial charge in [0.25, 0.3) is 0 Å². The van der Waals surface area contributed by atoms with Crippen molar-refractivity contribution in [2.24, 2.45) is 0 Å². The number of benzene rings is 1. The number of aliphatic hydroxyl groups excluding tert-OH is 1. The van der Waals surface area contributed by atoms with Crippen LogP contribution in [0.3, 0.4) is 0 Å². The minimum absolute atomic E-state index is 0.259. The zero-order chi connectivity index (χ0) is 15.2. The molecule has 0 amide bonds. The summed E-state index contributed by atoms with van der Waals surface area (Å²) in [6.45, 7) is 6.43. The van der Waals surface area contributed by atoms with Gasteiger partial charge in [-0.3, -0.25) is 0 Å². The molecule has 0 aliphatic heterocycles. The summed E-state index contributed by atoms with van der Waals surface area (Å²) in [4.78, 5) is 0. The molecular formula is C15H22N2O3. The highest BCUT2D eigenvalue weighted by molar-refractivity contribution is 5.59. The molecule has 1 rings (SSSR count). The molecule has 0 radical (unpaired) electrons. The van der Waals surface area contributed by atoms with Gasteiger partial charge in [0, 0.05) is 12.6 Å². The summed E-state index contributed by atoms with van der Waals surface area (Å²) in [6.07, 6.45) is -0.616. The third kappa shape index (κ3) is 5.47. The van der Waals surface area contributed by atoms with Gasteiger partial charge < -0.3 is 19.9 Å². The molecule has 110 valence electrons. The SMILES string of the molecule is COc1cc(C#N)ccc1NCC(O)COC(C)(C)C. The second kappa shape index (κ2) is 7.13. The summed E-state index contributed by atoms with van der Waals surface area (Å²) in [7, 11) is 1.54. The summed E-state index contributed by atoms with van der Waals surface area (Å²) in [6, 6.07) is 7.16. The molecule has 0 bridgehead atoms. The van der Waals surface area contributed by atoms with E-state index in [2.05, 4.69) is 11.4 Å². The second-order valence-electron chi connectivity index (χ2n) is 5.48. The van der Waals surface area contributed by atoms with E-state index in [0.29, 0.717) is 17.9 Å². The van der Waals surface area contributed by atoms with Gasteiger partial charge >= 0.3 is 0 Å². The Labute approximate surface area is 120 Å². The van der Waals surface area contributed by atoms with Crippen LogP contribution < -0.4 is 10.1 Å². The number of rotatable bonds is 6. The minimum Gasteiger partial charge on any atom is -0.495 e. The number of aliphatic hydroxyl groups is 1. The molecule has 1 aromatic rings. The lowest BCUT2D eigenvalue weighted by Gasteiger charge is -2.22. The molecule has 1 aromatic carbocycles. The summed E-state index contributed by atoms with van der Waals surface area (Å²) in [5, 5.41) is 21.8. The molecular weight excluding hydrogens is 256 g/mol. The highest BCUT2D eigenvalue weighted by atomic mass is 16.5. The van der Waals surface area contributed by atoms with E-state index in [-0.39, 0.29) is 12.2 Å². The summed E-state index contributed by atoms with van der Waals surface area (Å²) in [5.74, 6) is 0.577. The Bertz CT molecular complexity index is 475. The van der Waals surface area contributed by atoms with E-state index in [0.717, 1.165) is 5.69 Å². The molecule has 5 heteroatoms. The molecule has 5 nitrogen and oxygen atoms in total. The first kappa shape index (κ1) is 16.3. The number of nitrogens with one attached hydrogen (secondary N) is 1. The quantitative estimate of drug-likeness (QED) is 0.834. The van der Waals surface area contributed by atoms with Crippen molar-refractivity contribution in [1.82, 2.24) is 0 Å². The van der Waals surface area contributed by atoms with Crippen molar-refractivity contribution in [3.63, 3.8) is 0 Å². The second-order valence-corrected chi connectivity index (χ2v) is 5.48. The van der Waals surface area contributed by atoms with Crippen LogP contribution in [0.2, 0.25) is 0 Å². The highest BCUT2D eigenvalue weighted by Crippen LogP contribution is 2.25. The fraction of sp³-hybridized carbons (Fsp3) is 0.533. The Morgan fingerprint density at radius 2 is 2.10 bits per heavy atom. The van der Waals surface area contributed by atoms with E-state index in [1.54, 1.807) is 25.3 Å². The van der Waals surface area contributed by atoms with Crippen molar-refractivity contribution in [3.05, 3.63) is 23.8 Å². The van der Waals surface area contributed by atoms with E-state index in [1.807, 2.05) is 20.8 Å². The fourth-order valence-corrected chi connectivity index (χ4v) is 1.54. The first-order valence-electron chi connectivity index (χ1n) is 6.50. The maximum atomic E-state index is 9.86. The molecule has 2 N–H and O–H groups in total. The number of methoxy groups -OCH3 is 1. The van der Waals surface area contributed by atoms with Crippen molar-refractivity contribution >= 4 is 5.69 Å². The topological polar surface area (TPSA) is 74.5 Å². The Morgan fingerprint density at radius 1 is 1.40 bits per heavy atom. The molecule has 0 aliphatic carbocycles. The van der Waals surface area contributed by atoms with Crippen LogP contribution in [0.15, 0.2) is 18.2 Å². The average Bonchev–Trinajstić information content (AvgIpc) is 2.41. The minimum atomic E-state index is -0.616. The lowest BCUT2D eigenvalue weighted by molar-refractivity contribution is -0.0449. The molecule has 0 fully saturated rings. The summed E-state index contributed by atoms with van der Waals surface area (Å²) in [5.41, 5.74) is 0.998. The Hall–Kier alpha value is -1.77. The van der Waals surface area contributed by atoms with Gasteiger partial charge in [-0.25, -0.2) is 0 Å². The van der Waals surface area contributed by atoms with Crippen molar-refractivity contribution in [3.8, 4) is 11.8 Å². The smallest absolute Gasteiger partial charge is 0.143 e. The van der Waals surface area contributed by atoms with Crippen molar-refractivity contribution in [2.45, 2.75) is 32.5 Å². The lowest BCUT2D eigenvalue weighted by atomic mass is 10.2. The van der Waals surface area contributed by atoms with Gasteiger partial charge in [-0.05, 0) is 32.9 Å². The van der Waals surface area contributed by atoms with Gasteiger partial charge in [0.05, 0.1) is 42.7 Å². The maximum Gasteiger partial charge on any atom is 0.143 e. The predicted molar refractivity (Wildman–Crippen MR) is 77.9 cm³/mol. The highest BCUT2D eigenvalue weighted by Gasteiger charge is 2.14. The van der Waals surface area contributed by atoms with Gasteiger partial charge in [-0.15, -0.1) is 0 Å². The molecule has 0 heterocycles. The largest absolute Gasteiger partial charge is 0.495 e. The van der Waals surface area contributed by atoms with Crippen LogP contribution in [0.4, 0.5) is 5.69 Å². The maximum absolute atomic E-state index is 9.86. The predicted octanol–water partition coefficient (Wildman–Crippen LogP) is 2.15. The molecule has 0 saturated carbocycles. The molecule has 20 heavy (non-hydrogen) atoms. The van der Waals surface area contributed by atoms with E-state index in [9.17, 15) is 5.11 Å². The number of hydrogen-bond acceptors (Lipinski definition) is 5. The molecule has 0 saturated heterocycles. The summed E-state index contributed by atoms with van der Waals surface area (Å²) >= 11 is 0. The van der Waals surface area contributed by atoms with Gasteiger partial charge in [-0.1, -0.05) is 0 Å². The zero-order valence-corrected chi connectivity index (χ0v) is 12.4. The molecule has 0 aliphatic rings. The van der Waals surface area contributed by atoms with Gasteiger partial charge in [-0.2, -0.15) is 5.26 Å². The zero-order valence-electron chi connectivity index (χ0n) is 12.4. The number of ether oxygens (including phenoxy) is 2. The molecule has 0 spiro atoms. The van der Waals surface area contributed by atoms with Crippen molar-refractivity contribution in [1.29, 1.82) is 5.26 Å². The summed E-state index contributed by atoms with van der Waals surface area (Å²) < 4.78 is 10.7. The van der Waals surface area contributed by atoms with Crippen molar-refractivity contribution in [2.75, 3.05) is 25.6 Å². The Balaban J connectivity index is 2.55. The Morgan fingerprint density at radius 3 is 2.65 bits per heavy atom. The monoisotopic (exact) mass is 278 g/mol. The molecule has 0 aromatic heterocycles. The number of hydrogen-bond donors (Lipinski definition) is 2. The number of nitrogens with zero attached hydrogens (tertiary/aromatic N) is 1. The number of nitriles is 1. The lowest BCUT2D eigenvalue weighted by Crippen LogP contribution is -2.30. The van der Waals surface area contributed by atoms with Crippen LogP contribution in [0.25, 0.3) is 0 Å². The fourth-order valence-electron chi connectivity index (χ4n) is 1.54. The van der Waals surface area contributed by atoms with E-state index >= 15 is 0 Å². The van der Waals surface area contributed by atoms with Crippen LogP contribution in [0, 0.1) is 11.3 Å². The standard InChI is InChI=1S/C15H22N2O3/c1-15(2,3)20-10-12(18)9-17-13-6-5-11(8-16)7-14(13)19-4/h5-7,12,17-18H,9-10H2,1-4H3. The van der Waals surface area contributed by atoms with Crippen LogP contribution in [0.5, 0.6) is 5.75 Å². The van der Waals surface area contributed by atoms with Gasteiger partial charge in [0.15, 0.2) is 0 Å². The van der Waals surface area contributed by atoms with E-state index in [1.165, 1.54) is 0 Å².